The Kier molecular flexibility index (Phi) is 6.03. The Hall–Kier alpha value is -4.07. The van der Waals surface area contributed by atoms with Gasteiger partial charge in [-0.25, -0.2) is 8.78 Å². The number of nitrogens with one attached hydrogen (secondary N) is 1. The lowest BCUT2D eigenvalue weighted by atomic mass is 9.97. The molecule has 2 aromatic carbocycles. The minimum Gasteiger partial charge on any atom is -0.486 e. The molecule has 0 radical (unpaired) electrons. The molecule has 0 aliphatic carbocycles. The van der Waals surface area contributed by atoms with E-state index < -0.39 is 11.6 Å². The molecule has 1 aliphatic rings. The first-order valence-corrected chi connectivity index (χ1v) is 11.4. The molecule has 2 aromatic heterocycles. The summed E-state index contributed by atoms with van der Waals surface area (Å²) in [6.45, 7) is 5.14. The van der Waals surface area contributed by atoms with E-state index in [1.54, 1.807) is 24.5 Å². The third-order valence-corrected chi connectivity index (χ3v) is 6.06. The molecule has 1 amide bonds. The lowest BCUT2D eigenvalue weighted by Crippen LogP contribution is -2.35. The minimum absolute atomic E-state index is 0. The third kappa shape index (κ3) is 4.39. The Balaban J connectivity index is 0.00000304. The Bertz CT molecular complexity index is 1390. The molecule has 4 aromatic rings. The number of ether oxygens (including phenoxy) is 1. The fourth-order valence-corrected chi connectivity index (χ4v) is 4.17. The predicted octanol–water partition coefficient (Wildman–Crippen LogP) is 5.58. The van der Waals surface area contributed by atoms with Crippen LogP contribution >= 0.6 is 0 Å². The molecule has 0 saturated heterocycles. The van der Waals surface area contributed by atoms with E-state index in [2.05, 4.69) is 29.2 Å². The SMILES string of the molecule is CC(C)c1ccc(COc2cc(F)c(-c3c(-c4ccncc4)nn4c3C(=O)NCC4)cc2F)cc1.[HH]. The number of pyridine rings is 1. The van der Waals surface area contributed by atoms with Gasteiger partial charge in [-0.2, -0.15) is 5.10 Å². The summed E-state index contributed by atoms with van der Waals surface area (Å²) in [5.41, 5.74) is 3.45. The summed E-state index contributed by atoms with van der Waals surface area (Å²) in [4.78, 5) is 16.7. The van der Waals surface area contributed by atoms with Crippen molar-refractivity contribution in [2.75, 3.05) is 6.54 Å². The Morgan fingerprint density at radius 3 is 2.54 bits per heavy atom. The molecule has 0 saturated carbocycles. The van der Waals surface area contributed by atoms with Gasteiger partial charge in [-0.15, -0.1) is 0 Å². The van der Waals surface area contributed by atoms with Crippen molar-refractivity contribution in [2.45, 2.75) is 32.9 Å². The first-order valence-electron chi connectivity index (χ1n) is 11.4. The van der Waals surface area contributed by atoms with E-state index in [4.69, 9.17) is 4.74 Å². The summed E-state index contributed by atoms with van der Waals surface area (Å²) >= 11 is 0. The van der Waals surface area contributed by atoms with Gasteiger partial charge in [0.05, 0.1) is 6.54 Å². The number of nitrogens with zero attached hydrogens (tertiary/aromatic N) is 3. The van der Waals surface area contributed by atoms with Gasteiger partial charge in [-0.1, -0.05) is 38.1 Å². The fourth-order valence-electron chi connectivity index (χ4n) is 4.17. The molecule has 1 aliphatic heterocycles. The van der Waals surface area contributed by atoms with Crippen LogP contribution in [0.3, 0.4) is 0 Å². The minimum atomic E-state index is -0.725. The molecular formula is C27H26F2N4O2. The maximum absolute atomic E-state index is 15.4. The van der Waals surface area contributed by atoms with E-state index >= 15 is 8.78 Å². The number of carbonyl (C=O) groups is 1. The van der Waals surface area contributed by atoms with Crippen LogP contribution in [0, 0.1) is 11.6 Å². The van der Waals surface area contributed by atoms with Crippen LogP contribution in [-0.2, 0) is 13.2 Å². The number of hydrogen-bond donors (Lipinski definition) is 1. The van der Waals surface area contributed by atoms with Crippen LogP contribution in [0.1, 0.15) is 42.8 Å². The average Bonchev–Trinajstić information content (AvgIpc) is 3.26. The maximum atomic E-state index is 15.4. The van der Waals surface area contributed by atoms with Crippen molar-refractivity contribution >= 4 is 5.91 Å². The number of amides is 1. The van der Waals surface area contributed by atoms with Crippen molar-refractivity contribution in [1.29, 1.82) is 0 Å². The van der Waals surface area contributed by atoms with Gasteiger partial charge in [0, 0.05) is 43.1 Å². The van der Waals surface area contributed by atoms with E-state index in [1.165, 1.54) is 10.2 Å². The Morgan fingerprint density at radius 1 is 1.09 bits per heavy atom. The van der Waals surface area contributed by atoms with Gasteiger partial charge in [0.1, 0.15) is 23.8 Å². The van der Waals surface area contributed by atoms with Crippen LogP contribution in [0.4, 0.5) is 8.78 Å². The molecular weight excluding hydrogens is 450 g/mol. The lowest BCUT2D eigenvalue weighted by Gasteiger charge is -2.16. The van der Waals surface area contributed by atoms with Gasteiger partial charge in [0.25, 0.3) is 5.91 Å². The molecule has 0 spiro atoms. The number of hydrogen-bond acceptors (Lipinski definition) is 4. The summed E-state index contributed by atoms with van der Waals surface area (Å²) < 4.78 is 37.7. The molecule has 8 heteroatoms. The van der Waals surface area contributed by atoms with E-state index in [-0.39, 0.29) is 36.5 Å². The van der Waals surface area contributed by atoms with Crippen LogP contribution in [0.25, 0.3) is 22.4 Å². The molecule has 0 atom stereocenters. The summed E-state index contributed by atoms with van der Waals surface area (Å²) in [5, 5.41) is 7.30. The zero-order chi connectivity index (χ0) is 24.5. The predicted molar refractivity (Wildman–Crippen MR) is 130 cm³/mol. The number of rotatable bonds is 6. The van der Waals surface area contributed by atoms with Crippen molar-refractivity contribution in [2.24, 2.45) is 0 Å². The molecule has 35 heavy (non-hydrogen) atoms. The van der Waals surface area contributed by atoms with E-state index in [0.717, 1.165) is 17.7 Å². The molecule has 180 valence electrons. The molecule has 3 heterocycles. The number of carbonyl (C=O) groups excluding carboxylic acids is 1. The number of fused-ring (bicyclic) bond motifs is 1. The summed E-state index contributed by atoms with van der Waals surface area (Å²) in [7, 11) is 0. The van der Waals surface area contributed by atoms with Crippen LogP contribution in [0.2, 0.25) is 0 Å². The van der Waals surface area contributed by atoms with Crippen LogP contribution in [-0.4, -0.2) is 27.2 Å². The van der Waals surface area contributed by atoms with Crippen molar-refractivity contribution in [1.82, 2.24) is 20.1 Å². The van der Waals surface area contributed by atoms with Gasteiger partial charge in [0.15, 0.2) is 11.6 Å². The van der Waals surface area contributed by atoms with Gasteiger partial charge in [0.2, 0.25) is 0 Å². The highest BCUT2D eigenvalue weighted by atomic mass is 19.1. The second kappa shape index (κ2) is 9.29. The lowest BCUT2D eigenvalue weighted by molar-refractivity contribution is 0.0925. The second-order valence-corrected chi connectivity index (χ2v) is 8.73. The van der Waals surface area contributed by atoms with E-state index in [0.29, 0.717) is 30.3 Å². The Morgan fingerprint density at radius 2 is 1.83 bits per heavy atom. The first-order chi connectivity index (χ1) is 16.9. The van der Waals surface area contributed by atoms with Crippen molar-refractivity contribution in [3.8, 4) is 28.1 Å². The topological polar surface area (TPSA) is 69.0 Å². The van der Waals surface area contributed by atoms with Crippen LogP contribution < -0.4 is 10.1 Å². The second-order valence-electron chi connectivity index (χ2n) is 8.73. The molecule has 5 rings (SSSR count). The highest BCUT2D eigenvalue weighted by Crippen LogP contribution is 2.38. The van der Waals surface area contributed by atoms with Gasteiger partial charge >= 0.3 is 0 Å². The van der Waals surface area contributed by atoms with Crippen LogP contribution in [0.5, 0.6) is 5.75 Å². The third-order valence-electron chi connectivity index (χ3n) is 6.06. The summed E-state index contributed by atoms with van der Waals surface area (Å²) in [6, 6.07) is 13.3. The van der Waals surface area contributed by atoms with Crippen molar-refractivity contribution < 1.29 is 19.7 Å². The van der Waals surface area contributed by atoms with E-state index in [9.17, 15) is 4.79 Å². The zero-order valence-corrected chi connectivity index (χ0v) is 19.4. The highest BCUT2D eigenvalue weighted by Gasteiger charge is 2.30. The largest absolute Gasteiger partial charge is 0.486 e. The van der Waals surface area contributed by atoms with Crippen LogP contribution in [0.15, 0.2) is 60.9 Å². The fraction of sp³-hybridized carbons (Fsp3) is 0.222. The van der Waals surface area contributed by atoms with Gasteiger partial charge in [-0.3, -0.25) is 14.5 Å². The summed E-state index contributed by atoms with van der Waals surface area (Å²) in [5.74, 6) is -1.62. The standard InChI is InChI=1S/C27H24F2N4O2.H2/c1-16(2)18-5-3-17(4-6-18)15-35-23-14-21(28)20(13-22(23)29)24-25(19-7-9-30-10-8-19)32-33-12-11-31-27(34)26(24)33;/h3-10,13-14,16H,11-12,15H2,1-2H3,(H,31,34);1H. The zero-order valence-electron chi connectivity index (χ0n) is 19.4. The highest BCUT2D eigenvalue weighted by molar-refractivity contribution is 6.03. The molecule has 0 bridgehead atoms. The number of benzene rings is 2. The average molecular weight is 477 g/mol. The molecule has 0 unspecified atom stereocenters. The normalized spacial score (nSPS) is 13.0. The first kappa shape index (κ1) is 22.7. The smallest absolute Gasteiger partial charge is 0.270 e. The number of halogens is 2. The van der Waals surface area contributed by atoms with E-state index in [1.807, 2.05) is 24.3 Å². The summed E-state index contributed by atoms with van der Waals surface area (Å²) in [6.07, 6.45) is 3.16. The Labute approximate surface area is 203 Å². The van der Waals surface area contributed by atoms with Crippen molar-refractivity contribution in [3.63, 3.8) is 0 Å². The monoisotopic (exact) mass is 476 g/mol. The van der Waals surface area contributed by atoms with Gasteiger partial charge < -0.3 is 10.1 Å². The number of aromatic nitrogens is 3. The van der Waals surface area contributed by atoms with Gasteiger partial charge in [-0.05, 0) is 35.2 Å². The van der Waals surface area contributed by atoms with Crippen molar-refractivity contribution in [3.05, 3.63) is 89.4 Å². The quantitative estimate of drug-likeness (QED) is 0.394. The molecule has 1 N–H and O–H groups in total. The molecule has 6 nitrogen and oxygen atoms in total. The maximum Gasteiger partial charge on any atom is 0.270 e. The molecule has 0 fully saturated rings.